The molecule has 4 amide bonds. The van der Waals surface area contributed by atoms with Gasteiger partial charge in [-0.25, -0.2) is 0 Å². The van der Waals surface area contributed by atoms with E-state index >= 15 is 0 Å². The third kappa shape index (κ3) is 9.26. The number of carbonyl (C=O) groups excluding carboxylic acids is 4. The number of unbranched alkanes of at least 4 members (excludes halogenated alkanes) is 2. The first-order valence-corrected chi connectivity index (χ1v) is 15.2. The van der Waals surface area contributed by atoms with Gasteiger partial charge in [0.2, 0.25) is 23.6 Å². The van der Waals surface area contributed by atoms with Crippen LogP contribution in [-0.2, 0) is 25.6 Å². The van der Waals surface area contributed by atoms with Crippen LogP contribution >= 0.6 is 0 Å². The van der Waals surface area contributed by atoms with E-state index in [4.69, 9.17) is 0 Å². The average Bonchev–Trinajstić information content (AvgIpc) is 2.97. The quantitative estimate of drug-likeness (QED) is 0.256. The number of fused-ring (bicyclic) bond motifs is 1. The van der Waals surface area contributed by atoms with Crippen molar-refractivity contribution >= 4 is 23.6 Å². The topological polar surface area (TPSA) is 148 Å². The molecule has 0 spiro atoms. The predicted molar refractivity (Wildman–Crippen MR) is 156 cm³/mol. The summed E-state index contributed by atoms with van der Waals surface area (Å²) in [7, 11) is 0. The number of rotatable bonds is 11. The third-order valence-electron chi connectivity index (χ3n) is 8.46. The van der Waals surface area contributed by atoms with Crippen molar-refractivity contribution in [3.63, 3.8) is 0 Å². The molecule has 0 unspecified atom stereocenters. The van der Waals surface area contributed by atoms with Crippen LogP contribution in [-0.4, -0.2) is 81.7 Å². The lowest BCUT2D eigenvalue weighted by atomic mass is 9.93. The van der Waals surface area contributed by atoms with E-state index in [9.17, 15) is 29.4 Å². The smallest absolute Gasteiger partial charge is 0.246 e. The summed E-state index contributed by atoms with van der Waals surface area (Å²) < 4.78 is 0. The predicted octanol–water partition coefficient (Wildman–Crippen LogP) is 1.82. The second-order valence-corrected chi connectivity index (χ2v) is 11.7. The highest BCUT2D eigenvalue weighted by molar-refractivity contribution is 5.97. The first kappa shape index (κ1) is 32.5. The lowest BCUT2D eigenvalue weighted by molar-refractivity contribution is -0.147. The maximum absolute atomic E-state index is 13.9. The Morgan fingerprint density at radius 1 is 0.878 bits per heavy atom. The molecule has 2 fully saturated rings. The molecule has 0 aliphatic carbocycles. The Kier molecular flexibility index (Phi) is 12.6. The number of piperidine rings is 1. The van der Waals surface area contributed by atoms with Crippen LogP contribution in [0, 0.1) is 5.92 Å². The van der Waals surface area contributed by atoms with Crippen LogP contribution in [0.25, 0.3) is 0 Å². The molecule has 0 bridgehead atoms. The minimum Gasteiger partial charge on any atom is -0.391 e. The van der Waals surface area contributed by atoms with E-state index in [-0.39, 0.29) is 24.2 Å². The van der Waals surface area contributed by atoms with Gasteiger partial charge in [0, 0.05) is 13.0 Å². The molecule has 2 aliphatic rings. The largest absolute Gasteiger partial charge is 0.391 e. The lowest BCUT2D eigenvalue weighted by Crippen LogP contribution is -2.64. The third-order valence-corrected chi connectivity index (χ3v) is 8.46. The van der Waals surface area contributed by atoms with Crippen molar-refractivity contribution in [3.8, 4) is 0 Å². The maximum atomic E-state index is 13.9. The molecular weight excluding hydrogens is 524 g/mol. The minimum absolute atomic E-state index is 0.159. The molecule has 5 N–H and O–H groups in total. The van der Waals surface area contributed by atoms with Gasteiger partial charge in [0.15, 0.2) is 0 Å². The van der Waals surface area contributed by atoms with Gasteiger partial charge in [-0.05, 0) is 50.5 Å². The van der Waals surface area contributed by atoms with Crippen molar-refractivity contribution in [3.05, 3.63) is 35.9 Å². The van der Waals surface area contributed by atoms with Crippen molar-refractivity contribution < 1.29 is 29.4 Å². The molecule has 2 saturated heterocycles. The minimum atomic E-state index is -0.929. The number of benzene rings is 1. The van der Waals surface area contributed by atoms with Gasteiger partial charge in [0.25, 0.3) is 0 Å². The number of hydrogen-bond donors (Lipinski definition) is 5. The van der Waals surface area contributed by atoms with Crippen LogP contribution in [0.5, 0.6) is 0 Å². The molecular formula is C31H48N4O6. The van der Waals surface area contributed by atoms with E-state index in [0.717, 1.165) is 18.4 Å². The van der Waals surface area contributed by atoms with E-state index in [1.165, 1.54) is 0 Å². The molecule has 228 valence electrons. The van der Waals surface area contributed by atoms with E-state index in [0.29, 0.717) is 51.5 Å². The Balaban J connectivity index is 1.86. The average molecular weight is 573 g/mol. The van der Waals surface area contributed by atoms with Crippen LogP contribution in [0.3, 0.4) is 0 Å². The zero-order valence-corrected chi connectivity index (χ0v) is 24.7. The Labute approximate surface area is 243 Å². The number of hydrogen-bond acceptors (Lipinski definition) is 6. The fourth-order valence-electron chi connectivity index (χ4n) is 5.57. The molecule has 1 aromatic carbocycles. The molecule has 0 aromatic heterocycles. The number of aliphatic hydroxyl groups is 2. The normalized spacial score (nSPS) is 26.4. The summed E-state index contributed by atoms with van der Waals surface area (Å²) in [6, 6.07) is 6.06. The molecule has 3 rings (SSSR count). The van der Waals surface area contributed by atoms with E-state index in [2.05, 4.69) is 16.0 Å². The fraction of sp³-hybridized carbons (Fsp3) is 0.677. The Hall–Kier alpha value is -2.98. The van der Waals surface area contributed by atoms with Gasteiger partial charge < -0.3 is 31.1 Å². The molecule has 0 saturated carbocycles. The summed E-state index contributed by atoms with van der Waals surface area (Å²) in [5.41, 5.74) is 0.861. The molecule has 10 nitrogen and oxygen atoms in total. The molecule has 7 atom stereocenters. The van der Waals surface area contributed by atoms with Crippen LogP contribution in [0.1, 0.15) is 84.1 Å². The van der Waals surface area contributed by atoms with Gasteiger partial charge in [0.1, 0.15) is 24.2 Å². The molecule has 0 radical (unpaired) electrons. The molecule has 2 heterocycles. The first-order valence-electron chi connectivity index (χ1n) is 15.2. The summed E-state index contributed by atoms with van der Waals surface area (Å²) in [5.74, 6) is -1.63. The highest BCUT2D eigenvalue weighted by atomic mass is 16.3. The van der Waals surface area contributed by atoms with Crippen LogP contribution in [0.2, 0.25) is 0 Å². The van der Waals surface area contributed by atoms with Gasteiger partial charge in [-0.15, -0.1) is 0 Å². The number of nitrogens with one attached hydrogen (secondary N) is 3. The van der Waals surface area contributed by atoms with Crippen molar-refractivity contribution in [1.82, 2.24) is 20.9 Å². The lowest BCUT2D eigenvalue weighted by Gasteiger charge is -2.39. The summed E-state index contributed by atoms with van der Waals surface area (Å²) in [6.07, 6.45) is 4.11. The zero-order chi connectivity index (χ0) is 29.9. The van der Waals surface area contributed by atoms with Gasteiger partial charge in [0.05, 0.1) is 12.2 Å². The highest BCUT2D eigenvalue weighted by Gasteiger charge is 2.40. The summed E-state index contributed by atoms with van der Waals surface area (Å²) in [4.78, 5) is 56.3. The highest BCUT2D eigenvalue weighted by Crippen LogP contribution is 2.22. The van der Waals surface area contributed by atoms with Gasteiger partial charge in [-0.2, -0.15) is 0 Å². The van der Waals surface area contributed by atoms with Crippen molar-refractivity contribution in [1.29, 1.82) is 0 Å². The molecule has 1 aromatic rings. The Morgan fingerprint density at radius 3 is 2.24 bits per heavy atom. The number of nitrogens with zero attached hydrogens (tertiary/aromatic N) is 1. The molecule has 2 aliphatic heterocycles. The monoisotopic (exact) mass is 572 g/mol. The molecule has 41 heavy (non-hydrogen) atoms. The number of carbonyl (C=O) groups is 4. The van der Waals surface area contributed by atoms with E-state index in [1.807, 2.05) is 44.2 Å². The second-order valence-electron chi connectivity index (χ2n) is 11.7. The van der Waals surface area contributed by atoms with E-state index < -0.39 is 48.2 Å². The van der Waals surface area contributed by atoms with Gasteiger partial charge in [-0.3, -0.25) is 19.2 Å². The van der Waals surface area contributed by atoms with Crippen molar-refractivity contribution in [2.24, 2.45) is 5.92 Å². The fourth-order valence-corrected chi connectivity index (χ4v) is 5.57. The van der Waals surface area contributed by atoms with Crippen LogP contribution < -0.4 is 16.0 Å². The van der Waals surface area contributed by atoms with E-state index in [1.54, 1.807) is 11.8 Å². The van der Waals surface area contributed by atoms with Gasteiger partial charge in [-0.1, -0.05) is 69.9 Å². The van der Waals surface area contributed by atoms with Crippen molar-refractivity contribution in [2.45, 2.75) is 121 Å². The van der Waals surface area contributed by atoms with Crippen LogP contribution in [0.15, 0.2) is 30.3 Å². The Bertz CT molecular complexity index is 1020. The first-order chi connectivity index (χ1) is 19.6. The van der Waals surface area contributed by atoms with Crippen LogP contribution in [0.4, 0.5) is 0 Å². The maximum Gasteiger partial charge on any atom is 0.246 e. The van der Waals surface area contributed by atoms with Crippen molar-refractivity contribution in [2.75, 3.05) is 6.54 Å². The second kappa shape index (κ2) is 15.9. The number of aliphatic hydroxyl groups excluding tert-OH is 2. The number of amides is 4. The summed E-state index contributed by atoms with van der Waals surface area (Å²) in [6.45, 7) is 5.84. The summed E-state index contributed by atoms with van der Waals surface area (Å²) >= 11 is 0. The SMILES string of the molecule is CC[C@@H](C)[C@H]1NC(=O)[C@@H](Cc2ccccc2)NC(=O)[C@@H](CCCCC[C@H](O)[C@@H](C)O)NC(=O)[C@@H]2CCCCN2C1=O. The zero-order valence-electron chi connectivity index (χ0n) is 24.7. The molecule has 10 heteroatoms. The van der Waals surface area contributed by atoms with Gasteiger partial charge >= 0.3 is 0 Å². The Morgan fingerprint density at radius 2 is 1.56 bits per heavy atom. The summed E-state index contributed by atoms with van der Waals surface area (Å²) in [5, 5.41) is 28.1. The standard InChI is InChI=1S/C31H48N4O6/c1-4-20(2)27-31(41)35-18-12-11-16-25(35)30(40)32-23(15-9-6-10-17-26(37)21(3)36)28(38)33-24(29(39)34-27)19-22-13-7-5-8-14-22/h5,7-8,13-14,20-21,23-27,36-37H,4,6,9-12,15-19H2,1-3H3,(H,32,40)(H,33,38)(H,34,39)/t20-,21-,23-,24-,25+,26+,27-/m1/s1.